The van der Waals surface area contributed by atoms with Crippen LogP contribution in [0.15, 0.2) is 72.8 Å². The molecule has 1 unspecified atom stereocenters. The summed E-state index contributed by atoms with van der Waals surface area (Å²) < 4.78 is 66.7. The SMILES string of the molecule is CCCNC(=O)C(Cc1ccccc1)N(Cc1ccccc1Cl)C(=O)CN(c1cc(C(F)(F)F)ccc1Cl)S(C)(=O)=O. The highest BCUT2D eigenvalue weighted by molar-refractivity contribution is 7.92. The molecule has 3 rings (SSSR count). The third-order valence-corrected chi connectivity index (χ3v) is 8.16. The first-order chi connectivity index (χ1) is 19.7. The topological polar surface area (TPSA) is 86.8 Å². The van der Waals surface area contributed by atoms with Gasteiger partial charge >= 0.3 is 6.18 Å². The molecule has 0 heterocycles. The summed E-state index contributed by atoms with van der Waals surface area (Å²) in [7, 11) is -4.32. The van der Waals surface area contributed by atoms with Crippen LogP contribution in [-0.4, -0.2) is 50.5 Å². The van der Waals surface area contributed by atoms with Crippen LogP contribution in [0.1, 0.15) is 30.0 Å². The second-order valence-corrected chi connectivity index (χ2v) is 12.3. The van der Waals surface area contributed by atoms with Crippen LogP contribution < -0.4 is 9.62 Å². The smallest absolute Gasteiger partial charge is 0.354 e. The molecule has 0 saturated heterocycles. The fourth-order valence-electron chi connectivity index (χ4n) is 4.20. The number of alkyl halides is 3. The Morgan fingerprint density at radius 3 is 2.19 bits per heavy atom. The van der Waals surface area contributed by atoms with Crippen molar-refractivity contribution in [2.24, 2.45) is 0 Å². The average molecular weight is 645 g/mol. The lowest BCUT2D eigenvalue weighted by atomic mass is 10.0. The molecule has 0 aromatic heterocycles. The Bertz CT molecular complexity index is 1510. The van der Waals surface area contributed by atoms with Gasteiger partial charge in [-0.15, -0.1) is 0 Å². The summed E-state index contributed by atoms with van der Waals surface area (Å²) in [6.45, 7) is 1.09. The Kier molecular flexibility index (Phi) is 11.3. The van der Waals surface area contributed by atoms with Crippen molar-refractivity contribution in [3.05, 3.63) is 99.5 Å². The van der Waals surface area contributed by atoms with Crippen molar-refractivity contribution in [3.63, 3.8) is 0 Å². The minimum atomic E-state index is -4.79. The first kappa shape index (κ1) is 33.2. The number of anilines is 1. The molecular formula is C29H30Cl2F3N3O4S. The number of sulfonamides is 1. The molecule has 1 N–H and O–H groups in total. The van der Waals surface area contributed by atoms with Gasteiger partial charge in [0.05, 0.1) is 22.5 Å². The normalized spacial score (nSPS) is 12.5. The van der Waals surface area contributed by atoms with Crippen LogP contribution in [0, 0.1) is 0 Å². The van der Waals surface area contributed by atoms with Gasteiger partial charge in [-0.3, -0.25) is 13.9 Å². The van der Waals surface area contributed by atoms with E-state index in [4.69, 9.17) is 23.2 Å². The number of rotatable bonds is 12. The number of benzene rings is 3. The monoisotopic (exact) mass is 643 g/mol. The summed E-state index contributed by atoms with van der Waals surface area (Å²) in [6.07, 6.45) is -3.33. The lowest BCUT2D eigenvalue weighted by molar-refractivity contribution is -0.140. The Morgan fingerprint density at radius 2 is 1.60 bits per heavy atom. The average Bonchev–Trinajstić information content (AvgIpc) is 2.93. The van der Waals surface area contributed by atoms with E-state index >= 15 is 0 Å². The molecule has 42 heavy (non-hydrogen) atoms. The van der Waals surface area contributed by atoms with Gasteiger partial charge in [0, 0.05) is 24.5 Å². The van der Waals surface area contributed by atoms with E-state index in [2.05, 4.69) is 5.32 Å². The summed E-state index contributed by atoms with van der Waals surface area (Å²) in [5, 5.41) is 2.80. The number of halogens is 5. The second-order valence-electron chi connectivity index (χ2n) is 9.54. The Labute approximate surface area is 253 Å². The number of carbonyl (C=O) groups excluding carboxylic acids is 2. The molecule has 226 valence electrons. The molecule has 0 aliphatic carbocycles. The molecule has 3 aromatic carbocycles. The molecule has 0 saturated carbocycles. The number of amides is 2. The molecule has 1 atom stereocenters. The van der Waals surface area contributed by atoms with Crippen LogP contribution in [0.4, 0.5) is 18.9 Å². The Balaban J connectivity index is 2.11. The van der Waals surface area contributed by atoms with Crippen LogP contribution in [0.2, 0.25) is 10.0 Å². The first-order valence-electron chi connectivity index (χ1n) is 12.9. The molecule has 2 amide bonds. The molecule has 7 nitrogen and oxygen atoms in total. The molecule has 0 aliphatic rings. The van der Waals surface area contributed by atoms with Gasteiger partial charge in [0.1, 0.15) is 12.6 Å². The van der Waals surface area contributed by atoms with Gasteiger partial charge in [-0.1, -0.05) is 78.7 Å². The zero-order valence-corrected chi connectivity index (χ0v) is 25.2. The molecule has 13 heteroatoms. The minimum Gasteiger partial charge on any atom is -0.354 e. The van der Waals surface area contributed by atoms with Crippen LogP contribution in [-0.2, 0) is 38.8 Å². The van der Waals surface area contributed by atoms with Gasteiger partial charge in [-0.2, -0.15) is 13.2 Å². The summed E-state index contributed by atoms with van der Waals surface area (Å²) in [4.78, 5) is 28.7. The first-order valence-corrected chi connectivity index (χ1v) is 15.5. The summed E-state index contributed by atoms with van der Waals surface area (Å²) >= 11 is 12.5. The lowest BCUT2D eigenvalue weighted by Gasteiger charge is -2.34. The maximum atomic E-state index is 14.0. The van der Waals surface area contributed by atoms with Crippen molar-refractivity contribution in [3.8, 4) is 0 Å². The molecule has 0 aliphatic heterocycles. The van der Waals surface area contributed by atoms with Gasteiger partial charge in [0.15, 0.2) is 0 Å². The van der Waals surface area contributed by atoms with Crippen molar-refractivity contribution < 1.29 is 31.2 Å². The Morgan fingerprint density at radius 1 is 0.952 bits per heavy atom. The maximum Gasteiger partial charge on any atom is 0.416 e. The van der Waals surface area contributed by atoms with Crippen LogP contribution in [0.5, 0.6) is 0 Å². The fourth-order valence-corrected chi connectivity index (χ4v) is 5.52. The van der Waals surface area contributed by atoms with Gasteiger partial charge in [0.2, 0.25) is 21.8 Å². The van der Waals surface area contributed by atoms with Crippen molar-refractivity contribution in [1.82, 2.24) is 10.2 Å². The highest BCUT2D eigenvalue weighted by atomic mass is 35.5. The molecular weight excluding hydrogens is 614 g/mol. The second kappa shape index (κ2) is 14.3. The zero-order valence-electron chi connectivity index (χ0n) is 22.9. The number of hydrogen-bond acceptors (Lipinski definition) is 4. The van der Waals surface area contributed by atoms with Crippen LogP contribution in [0.25, 0.3) is 0 Å². The molecule has 0 bridgehead atoms. The van der Waals surface area contributed by atoms with Crippen LogP contribution in [0.3, 0.4) is 0 Å². The van der Waals surface area contributed by atoms with Gasteiger partial charge in [-0.05, 0) is 41.8 Å². The van der Waals surface area contributed by atoms with E-state index in [0.717, 1.165) is 17.9 Å². The van der Waals surface area contributed by atoms with Crippen molar-refractivity contribution in [2.75, 3.05) is 23.7 Å². The maximum absolute atomic E-state index is 14.0. The third kappa shape index (κ3) is 8.86. The van der Waals surface area contributed by atoms with Crippen molar-refractivity contribution >= 4 is 50.7 Å². The lowest BCUT2D eigenvalue weighted by Crippen LogP contribution is -2.53. The van der Waals surface area contributed by atoms with Crippen molar-refractivity contribution in [1.29, 1.82) is 0 Å². The number of nitrogens with one attached hydrogen (secondary N) is 1. The number of hydrogen-bond donors (Lipinski definition) is 1. The molecule has 0 spiro atoms. The van der Waals surface area contributed by atoms with E-state index in [1.165, 1.54) is 4.90 Å². The van der Waals surface area contributed by atoms with Crippen molar-refractivity contribution in [2.45, 2.75) is 38.5 Å². The highest BCUT2D eigenvalue weighted by Crippen LogP contribution is 2.36. The quantitative estimate of drug-likeness (QED) is 0.264. The number of carbonyl (C=O) groups is 2. The van der Waals surface area contributed by atoms with E-state index in [1.54, 1.807) is 54.6 Å². The number of nitrogens with zero attached hydrogens (tertiary/aromatic N) is 2. The standard InChI is InChI=1S/C29H30Cl2F3N3O4S/c1-3-15-35-28(39)26(16-20-9-5-4-6-10-20)36(18-21-11-7-8-12-23(21)30)27(38)19-37(42(2,40)41)25-17-22(29(32,33)34)13-14-24(25)31/h4-14,17,26H,3,15-16,18-19H2,1-2H3,(H,35,39). The van der Waals surface area contributed by atoms with E-state index in [1.807, 2.05) is 6.92 Å². The van der Waals surface area contributed by atoms with Gasteiger partial charge in [0.25, 0.3) is 0 Å². The molecule has 0 fully saturated rings. The minimum absolute atomic E-state index is 0.0791. The summed E-state index contributed by atoms with van der Waals surface area (Å²) in [5.74, 6) is -1.33. The van der Waals surface area contributed by atoms with E-state index in [0.29, 0.717) is 40.0 Å². The summed E-state index contributed by atoms with van der Waals surface area (Å²) in [5.41, 5.74) is -0.448. The highest BCUT2D eigenvalue weighted by Gasteiger charge is 2.36. The Hall–Kier alpha value is -3.28. The summed E-state index contributed by atoms with van der Waals surface area (Å²) in [6, 6.07) is 16.6. The largest absolute Gasteiger partial charge is 0.416 e. The predicted molar refractivity (Wildman–Crippen MR) is 158 cm³/mol. The zero-order chi connectivity index (χ0) is 31.1. The van der Waals surface area contributed by atoms with Gasteiger partial charge in [-0.25, -0.2) is 8.42 Å². The van der Waals surface area contributed by atoms with Gasteiger partial charge < -0.3 is 10.2 Å². The van der Waals surface area contributed by atoms with Crippen LogP contribution >= 0.6 is 23.2 Å². The molecule has 0 radical (unpaired) electrons. The molecule has 3 aromatic rings. The van der Waals surface area contributed by atoms with E-state index in [-0.39, 0.29) is 18.0 Å². The van der Waals surface area contributed by atoms with E-state index in [9.17, 15) is 31.2 Å². The third-order valence-electron chi connectivity index (χ3n) is 6.34. The fraction of sp³-hybridized carbons (Fsp3) is 0.310. The predicted octanol–water partition coefficient (Wildman–Crippen LogP) is 5.94. The van der Waals surface area contributed by atoms with E-state index < -0.39 is 51.9 Å².